The number of aryl methyl sites for hydroxylation is 1. The summed E-state index contributed by atoms with van der Waals surface area (Å²) in [5.41, 5.74) is 26.6. The van der Waals surface area contributed by atoms with Crippen LogP contribution in [0.1, 0.15) is 85.4 Å². The summed E-state index contributed by atoms with van der Waals surface area (Å²) in [6.45, 7) is 7.17. The second-order valence-corrected chi connectivity index (χ2v) is 25.8. The summed E-state index contributed by atoms with van der Waals surface area (Å²) in [6.07, 6.45) is 18.4. The molecule has 4 atom stereocenters. The predicted molar refractivity (Wildman–Crippen MR) is 376 cm³/mol. The Morgan fingerprint density at radius 1 is 0.462 bits per heavy atom. The summed E-state index contributed by atoms with van der Waals surface area (Å²) in [5, 5.41) is 1.34. The third-order valence-corrected chi connectivity index (χ3v) is 20.2. The molecule has 0 spiro atoms. The number of rotatable bonds is 11. The zero-order valence-electron chi connectivity index (χ0n) is 51.5. The third kappa shape index (κ3) is 9.42. The topological polar surface area (TPSA) is 50.1 Å². The van der Waals surface area contributed by atoms with Gasteiger partial charge in [0.1, 0.15) is 0 Å². The van der Waals surface area contributed by atoms with Crippen molar-refractivity contribution in [2.45, 2.75) is 69.9 Å². The minimum absolute atomic E-state index is 0.130. The van der Waals surface area contributed by atoms with Gasteiger partial charge < -0.3 is 14.4 Å². The fourth-order valence-electron chi connectivity index (χ4n) is 15.5. The van der Waals surface area contributed by atoms with Crippen molar-refractivity contribution < 1.29 is 0 Å². The van der Waals surface area contributed by atoms with Gasteiger partial charge in [-0.15, -0.1) is 0 Å². The number of hydrogen-bond donors (Lipinski definition) is 0. The maximum atomic E-state index is 5.09. The Bertz CT molecular complexity index is 4850. The van der Waals surface area contributed by atoms with Gasteiger partial charge in [-0.1, -0.05) is 231 Å². The molecule has 0 bridgehead atoms. The number of aromatic nitrogens is 4. The average Bonchev–Trinajstić information content (AvgIpc) is 1.62. The maximum absolute atomic E-state index is 5.09. The molecule has 2 aromatic heterocycles. The highest BCUT2D eigenvalue weighted by Gasteiger charge is 2.45. The fourth-order valence-corrected chi connectivity index (χ4v) is 15.5. The lowest BCUT2D eigenvalue weighted by molar-refractivity contribution is 0.428. The Morgan fingerprint density at radius 3 is 1.66 bits per heavy atom. The van der Waals surface area contributed by atoms with E-state index in [-0.39, 0.29) is 12.0 Å². The van der Waals surface area contributed by atoms with Crippen molar-refractivity contribution in [3.8, 4) is 73.2 Å². The normalized spacial score (nSPS) is 17.9. The molecule has 0 saturated carbocycles. The highest BCUT2D eigenvalue weighted by molar-refractivity contribution is 5.94. The molecular weight excluding hydrogens is 1100 g/mol. The molecule has 17 rings (SSSR count). The summed E-state index contributed by atoms with van der Waals surface area (Å²) >= 11 is 0. The largest absolute Gasteiger partial charge is 0.335 e. The van der Waals surface area contributed by atoms with Gasteiger partial charge >= 0.3 is 0 Å². The minimum atomic E-state index is -0.448. The van der Waals surface area contributed by atoms with E-state index in [4.69, 9.17) is 15.0 Å². The number of fused-ring (bicyclic) bond motifs is 9. The van der Waals surface area contributed by atoms with Crippen molar-refractivity contribution in [2.75, 3.05) is 9.80 Å². The number of nitrogens with zero attached hydrogens (tertiary/aromatic N) is 6. The molecule has 6 heteroatoms. The molecule has 10 aromatic carbocycles. The van der Waals surface area contributed by atoms with Gasteiger partial charge in [-0.05, 0) is 173 Å². The van der Waals surface area contributed by atoms with Crippen LogP contribution in [0.15, 0.2) is 285 Å². The van der Waals surface area contributed by atoms with E-state index in [0.29, 0.717) is 29.3 Å². The first kappa shape index (κ1) is 54.5. The van der Waals surface area contributed by atoms with Crippen LogP contribution in [-0.4, -0.2) is 25.6 Å². The summed E-state index contributed by atoms with van der Waals surface area (Å²) < 4.78 is 2.48. The van der Waals surface area contributed by atoms with Crippen LogP contribution in [0, 0.1) is 5.92 Å². The first-order valence-electron chi connectivity index (χ1n) is 32.4. The third-order valence-electron chi connectivity index (χ3n) is 20.2. The standard InChI is InChI=1S/C85H68N6/c1-55-19-18-30-78-81(55)72-48-38-66(57-22-10-5-11-23-57)54-80(72)90(78)69-45-35-59(36-46-69)64-40-50-77-74(52-64)73-51-63(58-33-43-68(44-34-58)89-75-29-17-16-28-70(75)71-47-37-65(53-79(71)89)56-20-8-4-9-21-56)39-49-76(73)91(77)85(2,3)67-41-31-62(32-42-67)84-87-82(60-24-12-6-13-25-60)86-83(88-84)61-26-14-7-15-27-61/h4-15,17-18,20-27,29-51,53-55,74,78,81H,16,19,28,52H2,1-3H3. The van der Waals surface area contributed by atoms with E-state index in [2.05, 4.69) is 284 Å². The highest BCUT2D eigenvalue weighted by atomic mass is 15.2. The zero-order valence-corrected chi connectivity index (χ0v) is 51.5. The monoisotopic (exact) mass is 1170 g/mol. The lowest BCUT2D eigenvalue weighted by atomic mass is 9.78. The van der Waals surface area contributed by atoms with Crippen LogP contribution in [0.5, 0.6) is 0 Å². The van der Waals surface area contributed by atoms with E-state index < -0.39 is 5.54 Å². The van der Waals surface area contributed by atoms with Crippen LogP contribution in [0.2, 0.25) is 0 Å². The molecule has 5 aliphatic rings. The molecule has 3 aliphatic carbocycles. The van der Waals surface area contributed by atoms with Crippen molar-refractivity contribution in [1.82, 2.24) is 19.5 Å². The van der Waals surface area contributed by atoms with Crippen LogP contribution in [0.25, 0.3) is 95.8 Å². The Balaban J connectivity index is 0.733. The van der Waals surface area contributed by atoms with Gasteiger partial charge in [0.05, 0.1) is 17.1 Å². The summed E-state index contributed by atoms with van der Waals surface area (Å²) in [7, 11) is 0. The van der Waals surface area contributed by atoms with Gasteiger partial charge in [0.2, 0.25) is 0 Å². The Labute approximate surface area is 533 Å². The molecule has 12 aromatic rings. The van der Waals surface area contributed by atoms with Gasteiger partial charge in [0.25, 0.3) is 0 Å². The lowest BCUT2D eigenvalue weighted by Gasteiger charge is -2.40. The van der Waals surface area contributed by atoms with Gasteiger partial charge in [-0.25, -0.2) is 15.0 Å². The zero-order chi connectivity index (χ0) is 60.7. The number of anilines is 3. The number of benzene rings is 10. The van der Waals surface area contributed by atoms with Gasteiger partial charge in [0.15, 0.2) is 17.5 Å². The summed E-state index contributed by atoms with van der Waals surface area (Å²) in [4.78, 5) is 20.4. The average molecular weight is 1170 g/mol. The van der Waals surface area contributed by atoms with Gasteiger partial charge in [-0.2, -0.15) is 0 Å². The molecule has 438 valence electrons. The lowest BCUT2D eigenvalue weighted by Crippen LogP contribution is -2.40. The van der Waals surface area contributed by atoms with Gasteiger partial charge in [0, 0.05) is 68.1 Å². The van der Waals surface area contributed by atoms with E-state index in [1.165, 1.54) is 112 Å². The minimum Gasteiger partial charge on any atom is -0.335 e. The molecule has 2 aliphatic heterocycles. The van der Waals surface area contributed by atoms with Crippen molar-refractivity contribution in [2.24, 2.45) is 5.92 Å². The number of allylic oxidation sites excluding steroid dienone is 6. The molecular formula is C85H68N6. The van der Waals surface area contributed by atoms with E-state index >= 15 is 0 Å². The van der Waals surface area contributed by atoms with Crippen molar-refractivity contribution >= 4 is 39.6 Å². The van der Waals surface area contributed by atoms with Crippen molar-refractivity contribution in [3.63, 3.8) is 0 Å². The molecule has 6 nitrogen and oxygen atoms in total. The maximum Gasteiger partial charge on any atom is 0.164 e. The first-order valence-corrected chi connectivity index (χ1v) is 32.4. The number of hydrogen-bond acceptors (Lipinski definition) is 5. The van der Waals surface area contributed by atoms with E-state index in [9.17, 15) is 0 Å². The first-order chi connectivity index (χ1) is 44.8. The summed E-state index contributed by atoms with van der Waals surface area (Å²) in [6, 6.07) is 91.4. The van der Waals surface area contributed by atoms with Crippen LogP contribution in [0.4, 0.5) is 17.1 Å². The van der Waals surface area contributed by atoms with Crippen LogP contribution >= 0.6 is 0 Å². The Kier molecular flexibility index (Phi) is 13.2. The molecule has 4 heterocycles. The SMILES string of the molecule is CC1CC=CC2C1c1ccc(-c3ccccc3)cc1N2c1ccc(C2=CC=C3C(C2)c2cc(-c4ccc(-n5c6c(c7ccc(-c8ccccc8)cc75)CCC=C6)cc4)ccc2N3C(C)(C)c2ccc(-c3nc(-c4ccccc4)nc(-c4ccccc4)n3)cc2)cc1. The molecule has 0 amide bonds. The van der Waals surface area contributed by atoms with Gasteiger partial charge in [-0.3, -0.25) is 0 Å². The second kappa shape index (κ2) is 22.1. The Morgan fingerprint density at radius 2 is 1.00 bits per heavy atom. The summed E-state index contributed by atoms with van der Waals surface area (Å²) in [5.74, 6) is 3.08. The van der Waals surface area contributed by atoms with Crippen molar-refractivity contribution in [3.05, 3.63) is 318 Å². The molecule has 91 heavy (non-hydrogen) atoms. The quantitative estimate of drug-likeness (QED) is 0.121. The molecule has 0 N–H and O–H groups in total. The highest BCUT2D eigenvalue weighted by Crippen LogP contribution is 2.56. The van der Waals surface area contributed by atoms with Crippen molar-refractivity contribution in [1.29, 1.82) is 0 Å². The smallest absolute Gasteiger partial charge is 0.164 e. The predicted octanol–water partition coefficient (Wildman–Crippen LogP) is 21.2. The fraction of sp³-hybridized carbons (Fsp3) is 0.141. The van der Waals surface area contributed by atoms with Crippen LogP contribution in [0.3, 0.4) is 0 Å². The van der Waals surface area contributed by atoms with E-state index in [0.717, 1.165) is 42.4 Å². The second-order valence-electron chi connectivity index (χ2n) is 25.8. The molecule has 0 saturated heterocycles. The van der Waals surface area contributed by atoms with E-state index in [1.807, 2.05) is 36.4 Å². The Hall–Kier alpha value is -10.7. The van der Waals surface area contributed by atoms with Crippen LogP contribution < -0.4 is 9.80 Å². The van der Waals surface area contributed by atoms with E-state index in [1.54, 1.807) is 0 Å². The molecule has 0 radical (unpaired) electrons. The molecule has 0 fully saturated rings. The van der Waals surface area contributed by atoms with Crippen LogP contribution in [-0.2, 0) is 12.0 Å². The molecule has 4 unspecified atom stereocenters.